The molecular weight excluding hydrogens is 480 g/mol. The lowest BCUT2D eigenvalue weighted by atomic mass is 10.1. The summed E-state index contributed by atoms with van der Waals surface area (Å²) in [7, 11) is 1.38. The Morgan fingerprint density at radius 3 is 2.59 bits per heavy atom. The van der Waals surface area contributed by atoms with Crippen LogP contribution >= 0.6 is 22.6 Å². The zero-order chi connectivity index (χ0) is 20.0. The third-order valence-electron chi connectivity index (χ3n) is 3.33. The standard InChI is InChI=1S/C17H16F3IN2O4/c1-26-7-10(24)8-27-23-17(25)11-3-4-12(18)15(20)16(11)22-14-5-2-9(21)6-13(14)19/h2-6,10,22,24H,7-8H2,1H3,(H,23,25). The predicted molar refractivity (Wildman–Crippen MR) is 100 cm³/mol. The van der Waals surface area contributed by atoms with Gasteiger partial charge in [0, 0.05) is 10.7 Å². The maximum Gasteiger partial charge on any atom is 0.277 e. The Kier molecular flexibility index (Phi) is 7.83. The number of hydroxylamine groups is 1. The third-order valence-corrected chi connectivity index (χ3v) is 4.00. The quantitative estimate of drug-likeness (QED) is 0.387. The molecule has 0 aliphatic heterocycles. The molecule has 10 heteroatoms. The van der Waals surface area contributed by atoms with Gasteiger partial charge in [0.2, 0.25) is 0 Å². The molecule has 3 N–H and O–H groups in total. The number of carbonyl (C=O) groups excluding carboxylic acids is 1. The average Bonchev–Trinajstić information content (AvgIpc) is 2.61. The first-order valence-corrected chi connectivity index (χ1v) is 8.70. The molecule has 27 heavy (non-hydrogen) atoms. The fraction of sp³-hybridized carbons (Fsp3) is 0.235. The maximum absolute atomic E-state index is 14.2. The Morgan fingerprint density at radius 1 is 1.19 bits per heavy atom. The number of amides is 1. The summed E-state index contributed by atoms with van der Waals surface area (Å²) < 4.78 is 47.2. The van der Waals surface area contributed by atoms with Gasteiger partial charge in [-0.05, 0) is 52.9 Å². The first kappa shape index (κ1) is 21.4. The number of ether oxygens (including phenoxy) is 1. The highest BCUT2D eigenvalue weighted by Gasteiger charge is 2.20. The second kappa shape index (κ2) is 9.88. The van der Waals surface area contributed by atoms with Crippen LogP contribution in [0.15, 0.2) is 30.3 Å². The van der Waals surface area contributed by atoms with E-state index in [1.807, 2.05) is 28.1 Å². The minimum Gasteiger partial charge on any atom is -0.388 e. The smallest absolute Gasteiger partial charge is 0.277 e. The monoisotopic (exact) mass is 496 g/mol. The van der Waals surface area contributed by atoms with Crippen molar-refractivity contribution in [2.75, 3.05) is 25.6 Å². The Bertz CT molecular complexity index is 823. The van der Waals surface area contributed by atoms with Crippen molar-refractivity contribution in [2.45, 2.75) is 6.10 Å². The van der Waals surface area contributed by atoms with Gasteiger partial charge in [-0.2, -0.15) is 0 Å². The average molecular weight is 496 g/mol. The van der Waals surface area contributed by atoms with Crippen LogP contribution < -0.4 is 10.8 Å². The van der Waals surface area contributed by atoms with Crippen LogP contribution in [0.5, 0.6) is 0 Å². The number of methoxy groups -OCH3 is 1. The summed E-state index contributed by atoms with van der Waals surface area (Å²) in [5.41, 5.74) is 1.01. The first-order valence-electron chi connectivity index (χ1n) is 7.62. The number of benzene rings is 2. The van der Waals surface area contributed by atoms with E-state index in [9.17, 15) is 23.1 Å². The van der Waals surface area contributed by atoms with Gasteiger partial charge in [0.1, 0.15) is 18.5 Å². The summed E-state index contributed by atoms with van der Waals surface area (Å²) >= 11 is 1.90. The summed E-state index contributed by atoms with van der Waals surface area (Å²) in [6.45, 7) is -0.294. The molecule has 0 aromatic heterocycles. The van der Waals surface area contributed by atoms with E-state index in [1.54, 1.807) is 6.07 Å². The van der Waals surface area contributed by atoms with Gasteiger partial charge in [-0.15, -0.1) is 0 Å². The molecule has 146 valence electrons. The van der Waals surface area contributed by atoms with Crippen LogP contribution in [0.2, 0.25) is 0 Å². The molecule has 0 bridgehead atoms. The van der Waals surface area contributed by atoms with Crippen molar-refractivity contribution in [3.05, 3.63) is 56.9 Å². The van der Waals surface area contributed by atoms with Crippen LogP contribution in [0.4, 0.5) is 24.5 Å². The lowest BCUT2D eigenvalue weighted by Gasteiger charge is -2.15. The van der Waals surface area contributed by atoms with E-state index in [1.165, 1.54) is 19.2 Å². The molecule has 0 aliphatic rings. The van der Waals surface area contributed by atoms with E-state index in [2.05, 4.69) is 5.32 Å². The van der Waals surface area contributed by atoms with E-state index in [-0.39, 0.29) is 24.5 Å². The molecule has 0 radical (unpaired) electrons. The number of halogens is 4. The highest BCUT2D eigenvalue weighted by Crippen LogP contribution is 2.28. The summed E-state index contributed by atoms with van der Waals surface area (Å²) in [6, 6.07) is 5.87. The predicted octanol–water partition coefficient (Wildman–Crippen LogP) is 3.12. The van der Waals surface area contributed by atoms with E-state index in [0.29, 0.717) is 3.57 Å². The van der Waals surface area contributed by atoms with Gasteiger partial charge in [0.15, 0.2) is 11.6 Å². The van der Waals surface area contributed by atoms with Gasteiger partial charge in [-0.1, -0.05) is 0 Å². The second-order valence-electron chi connectivity index (χ2n) is 5.38. The van der Waals surface area contributed by atoms with Crippen molar-refractivity contribution in [2.24, 2.45) is 0 Å². The van der Waals surface area contributed by atoms with Crippen molar-refractivity contribution in [3.8, 4) is 0 Å². The Morgan fingerprint density at radius 2 is 1.93 bits per heavy atom. The van der Waals surface area contributed by atoms with Crippen LogP contribution in [-0.4, -0.2) is 37.4 Å². The Hall–Kier alpha value is -1.89. The van der Waals surface area contributed by atoms with Crippen LogP contribution in [-0.2, 0) is 9.57 Å². The molecule has 0 spiro atoms. The van der Waals surface area contributed by atoms with Crippen LogP contribution in [0.25, 0.3) is 0 Å². The van der Waals surface area contributed by atoms with Crippen LogP contribution in [0, 0.1) is 21.0 Å². The molecule has 0 fully saturated rings. The summed E-state index contributed by atoms with van der Waals surface area (Å²) in [4.78, 5) is 17.1. The number of aliphatic hydroxyl groups is 1. The highest BCUT2D eigenvalue weighted by molar-refractivity contribution is 14.1. The van der Waals surface area contributed by atoms with E-state index in [4.69, 9.17) is 9.57 Å². The highest BCUT2D eigenvalue weighted by atomic mass is 127. The fourth-order valence-corrected chi connectivity index (χ4v) is 2.54. The molecule has 2 aromatic rings. The van der Waals surface area contributed by atoms with Crippen LogP contribution in [0.1, 0.15) is 10.4 Å². The van der Waals surface area contributed by atoms with Gasteiger partial charge in [-0.25, -0.2) is 18.7 Å². The maximum atomic E-state index is 14.2. The minimum absolute atomic E-state index is 0.0140. The third kappa shape index (κ3) is 5.79. The second-order valence-corrected chi connectivity index (χ2v) is 6.63. The molecule has 1 atom stereocenters. The molecule has 0 saturated carbocycles. The molecule has 2 rings (SSSR count). The topological polar surface area (TPSA) is 79.8 Å². The number of hydrogen-bond acceptors (Lipinski definition) is 5. The Balaban J connectivity index is 2.21. The number of nitrogens with one attached hydrogen (secondary N) is 2. The van der Waals surface area contributed by atoms with Crippen molar-refractivity contribution in [1.29, 1.82) is 0 Å². The molecule has 1 unspecified atom stereocenters. The molecule has 0 aliphatic carbocycles. The van der Waals surface area contributed by atoms with Crippen molar-refractivity contribution in [3.63, 3.8) is 0 Å². The molecule has 1 amide bonds. The van der Waals surface area contributed by atoms with Gasteiger partial charge in [-0.3, -0.25) is 9.63 Å². The van der Waals surface area contributed by atoms with Gasteiger partial charge >= 0.3 is 0 Å². The number of hydrogen-bond donors (Lipinski definition) is 3. The SMILES string of the molecule is COCC(O)CONC(=O)c1ccc(F)c(F)c1Nc1ccc(I)cc1F. The van der Waals surface area contributed by atoms with Gasteiger partial charge < -0.3 is 15.2 Å². The normalized spacial score (nSPS) is 11.9. The van der Waals surface area contributed by atoms with Gasteiger partial charge in [0.05, 0.1) is 23.5 Å². The summed E-state index contributed by atoms with van der Waals surface area (Å²) in [5, 5.41) is 11.8. The van der Waals surface area contributed by atoms with Crippen molar-refractivity contribution >= 4 is 39.9 Å². The molecule has 0 heterocycles. The van der Waals surface area contributed by atoms with Gasteiger partial charge in [0.25, 0.3) is 5.91 Å². The molecule has 2 aromatic carbocycles. The van der Waals surface area contributed by atoms with E-state index < -0.39 is 35.2 Å². The van der Waals surface area contributed by atoms with E-state index in [0.717, 1.165) is 12.1 Å². The fourth-order valence-electron chi connectivity index (χ4n) is 2.09. The summed E-state index contributed by atoms with van der Waals surface area (Å²) in [5.74, 6) is -4.17. The van der Waals surface area contributed by atoms with Crippen molar-refractivity contribution in [1.82, 2.24) is 5.48 Å². The minimum atomic E-state index is -1.35. The molecule has 0 saturated heterocycles. The number of anilines is 2. The van der Waals surface area contributed by atoms with Crippen LogP contribution in [0.3, 0.4) is 0 Å². The molecular formula is C17H16F3IN2O4. The number of rotatable bonds is 8. The number of carbonyl (C=O) groups is 1. The van der Waals surface area contributed by atoms with Crippen molar-refractivity contribution < 1.29 is 32.6 Å². The lowest BCUT2D eigenvalue weighted by molar-refractivity contribution is -0.0365. The molecule has 6 nitrogen and oxygen atoms in total. The Labute approximate surface area is 166 Å². The van der Waals surface area contributed by atoms with E-state index >= 15 is 0 Å². The number of aliphatic hydroxyl groups excluding tert-OH is 1. The zero-order valence-electron chi connectivity index (χ0n) is 14.1. The zero-order valence-corrected chi connectivity index (χ0v) is 16.2. The largest absolute Gasteiger partial charge is 0.388 e. The first-order chi connectivity index (χ1) is 12.8. The lowest BCUT2D eigenvalue weighted by Crippen LogP contribution is -2.30. The summed E-state index contributed by atoms with van der Waals surface area (Å²) in [6.07, 6.45) is -0.987.